The summed E-state index contributed by atoms with van der Waals surface area (Å²) in [6, 6.07) is 0. The fraction of sp³-hybridized carbons (Fsp3) is 0.556. The van der Waals surface area contributed by atoms with E-state index in [9.17, 15) is 4.79 Å². The quantitative estimate of drug-likeness (QED) is 0.834. The van der Waals surface area contributed by atoms with Gasteiger partial charge in [-0.05, 0) is 22.9 Å². The summed E-state index contributed by atoms with van der Waals surface area (Å²) in [5, 5.41) is 6.64. The van der Waals surface area contributed by atoms with Gasteiger partial charge in [0.2, 0.25) is 0 Å². The summed E-state index contributed by atoms with van der Waals surface area (Å²) in [6.07, 6.45) is 4.00. The Bertz CT molecular complexity index is 314. The molecule has 0 radical (unpaired) electrons. The third kappa shape index (κ3) is 4.83. The van der Waals surface area contributed by atoms with Gasteiger partial charge in [-0.25, -0.2) is 4.79 Å². The predicted octanol–water partition coefficient (Wildman–Crippen LogP) is 1.78. The van der Waals surface area contributed by atoms with E-state index >= 15 is 0 Å². The number of hydrogen-bond donors (Lipinski definition) is 1. The summed E-state index contributed by atoms with van der Waals surface area (Å²) >= 11 is 3.31. The fourth-order valence-electron chi connectivity index (χ4n) is 1.05. The van der Waals surface area contributed by atoms with E-state index in [-0.39, 0.29) is 6.09 Å². The Balaban J connectivity index is 2.09. The lowest BCUT2D eigenvalue weighted by Gasteiger charge is -2.04. The SMILES string of the molecule is CCNC(=O)OCCCn1cc(Br)cn1. The second-order valence-electron chi connectivity index (χ2n) is 2.94. The molecule has 1 heterocycles. The smallest absolute Gasteiger partial charge is 0.407 e. The van der Waals surface area contributed by atoms with Gasteiger partial charge < -0.3 is 10.1 Å². The first-order valence-electron chi connectivity index (χ1n) is 4.81. The highest BCUT2D eigenvalue weighted by molar-refractivity contribution is 9.10. The lowest BCUT2D eigenvalue weighted by Crippen LogP contribution is -2.24. The Morgan fingerprint density at radius 2 is 2.53 bits per heavy atom. The van der Waals surface area contributed by atoms with E-state index in [2.05, 4.69) is 26.3 Å². The van der Waals surface area contributed by atoms with E-state index < -0.39 is 0 Å². The normalized spacial score (nSPS) is 10.0. The van der Waals surface area contributed by atoms with Crippen LogP contribution < -0.4 is 5.32 Å². The molecule has 84 valence electrons. The van der Waals surface area contributed by atoms with Crippen LogP contribution in [0.1, 0.15) is 13.3 Å². The molecule has 1 aromatic heterocycles. The lowest BCUT2D eigenvalue weighted by atomic mass is 10.4. The summed E-state index contributed by atoms with van der Waals surface area (Å²) < 4.78 is 7.66. The van der Waals surface area contributed by atoms with Crippen molar-refractivity contribution >= 4 is 22.0 Å². The maximum absolute atomic E-state index is 10.9. The Kier molecular flexibility index (Phi) is 5.17. The van der Waals surface area contributed by atoms with Gasteiger partial charge in [0.05, 0.1) is 17.3 Å². The number of halogens is 1. The number of aryl methyl sites for hydroxylation is 1. The van der Waals surface area contributed by atoms with Gasteiger partial charge >= 0.3 is 6.09 Å². The van der Waals surface area contributed by atoms with Crippen LogP contribution in [0.4, 0.5) is 4.79 Å². The van der Waals surface area contributed by atoms with Crippen LogP contribution in [0.2, 0.25) is 0 Å². The zero-order valence-electron chi connectivity index (χ0n) is 8.57. The second kappa shape index (κ2) is 6.44. The first-order chi connectivity index (χ1) is 7.22. The number of alkyl carbamates (subject to hydrolysis) is 1. The van der Waals surface area contributed by atoms with Crippen LogP contribution in [0.15, 0.2) is 16.9 Å². The highest BCUT2D eigenvalue weighted by Crippen LogP contribution is 2.06. The maximum Gasteiger partial charge on any atom is 0.407 e. The van der Waals surface area contributed by atoms with Crippen molar-refractivity contribution in [3.8, 4) is 0 Å². The van der Waals surface area contributed by atoms with Gasteiger partial charge in [-0.1, -0.05) is 0 Å². The summed E-state index contributed by atoms with van der Waals surface area (Å²) in [4.78, 5) is 10.9. The van der Waals surface area contributed by atoms with E-state index in [1.54, 1.807) is 10.9 Å². The van der Waals surface area contributed by atoms with Crippen LogP contribution in [-0.4, -0.2) is 29.0 Å². The standard InChI is InChI=1S/C9H14BrN3O2/c1-2-11-9(14)15-5-3-4-13-7-8(10)6-12-13/h6-7H,2-5H2,1H3,(H,11,14). The third-order valence-electron chi connectivity index (χ3n) is 1.69. The van der Waals surface area contributed by atoms with Crippen LogP contribution in [0.25, 0.3) is 0 Å². The van der Waals surface area contributed by atoms with Crippen LogP contribution in [0, 0.1) is 0 Å². The number of hydrogen-bond acceptors (Lipinski definition) is 3. The van der Waals surface area contributed by atoms with Crippen molar-refractivity contribution in [2.75, 3.05) is 13.2 Å². The molecule has 0 aliphatic carbocycles. The molecule has 0 unspecified atom stereocenters. The molecule has 0 aliphatic rings. The largest absolute Gasteiger partial charge is 0.449 e. The molecular formula is C9H14BrN3O2. The van der Waals surface area contributed by atoms with Crippen molar-refractivity contribution in [1.29, 1.82) is 0 Å². The molecule has 0 saturated carbocycles. The zero-order valence-corrected chi connectivity index (χ0v) is 10.2. The molecule has 1 amide bonds. The summed E-state index contributed by atoms with van der Waals surface area (Å²) in [6.45, 7) is 3.59. The summed E-state index contributed by atoms with van der Waals surface area (Å²) in [5.41, 5.74) is 0. The van der Waals surface area contributed by atoms with Gasteiger partial charge in [0.15, 0.2) is 0 Å². The van der Waals surface area contributed by atoms with Gasteiger partial charge in [-0.2, -0.15) is 5.10 Å². The molecule has 6 heteroatoms. The van der Waals surface area contributed by atoms with Crippen molar-refractivity contribution in [1.82, 2.24) is 15.1 Å². The highest BCUT2D eigenvalue weighted by atomic mass is 79.9. The van der Waals surface area contributed by atoms with Crippen molar-refractivity contribution < 1.29 is 9.53 Å². The zero-order chi connectivity index (χ0) is 11.1. The molecular weight excluding hydrogens is 262 g/mol. The molecule has 0 bridgehead atoms. The number of nitrogens with one attached hydrogen (secondary N) is 1. The van der Waals surface area contributed by atoms with Crippen LogP contribution >= 0.6 is 15.9 Å². The molecule has 1 N–H and O–H groups in total. The average Bonchev–Trinajstić information content (AvgIpc) is 2.60. The maximum atomic E-state index is 10.9. The molecule has 1 rings (SSSR count). The van der Waals surface area contributed by atoms with Crippen LogP contribution in [0.5, 0.6) is 0 Å². The van der Waals surface area contributed by atoms with E-state index in [4.69, 9.17) is 4.74 Å². The topological polar surface area (TPSA) is 56.1 Å². The molecule has 0 atom stereocenters. The van der Waals surface area contributed by atoms with Crippen molar-refractivity contribution in [2.45, 2.75) is 19.9 Å². The Morgan fingerprint density at radius 3 is 3.13 bits per heavy atom. The van der Waals surface area contributed by atoms with E-state index in [0.717, 1.165) is 17.4 Å². The summed E-state index contributed by atoms with van der Waals surface area (Å²) in [7, 11) is 0. The first-order valence-corrected chi connectivity index (χ1v) is 5.60. The van der Waals surface area contributed by atoms with Gasteiger partial charge in [0, 0.05) is 25.7 Å². The number of carbonyl (C=O) groups is 1. The molecule has 0 saturated heterocycles. The van der Waals surface area contributed by atoms with Gasteiger partial charge in [0.1, 0.15) is 0 Å². The van der Waals surface area contributed by atoms with Gasteiger partial charge in [-0.15, -0.1) is 0 Å². The summed E-state index contributed by atoms with van der Waals surface area (Å²) in [5.74, 6) is 0. The number of amides is 1. The highest BCUT2D eigenvalue weighted by Gasteiger charge is 1.99. The van der Waals surface area contributed by atoms with Crippen LogP contribution in [0.3, 0.4) is 0 Å². The molecule has 15 heavy (non-hydrogen) atoms. The monoisotopic (exact) mass is 275 g/mol. The van der Waals surface area contributed by atoms with Gasteiger partial charge in [-0.3, -0.25) is 4.68 Å². The molecule has 0 spiro atoms. The van der Waals surface area contributed by atoms with Crippen LogP contribution in [-0.2, 0) is 11.3 Å². The predicted molar refractivity (Wildman–Crippen MR) is 59.6 cm³/mol. The number of aromatic nitrogens is 2. The molecule has 5 nitrogen and oxygen atoms in total. The number of carbonyl (C=O) groups excluding carboxylic acids is 1. The first kappa shape index (κ1) is 12.0. The van der Waals surface area contributed by atoms with E-state index in [1.807, 2.05) is 13.1 Å². The molecule has 0 aliphatic heterocycles. The van der Waals surface area contributed by atoms with E-state index in [0.29, 0.717) is 13.2 Å². The van der Waals surface area contributed by atoms with Crippen molar-refractivity contribution in [3.63, 3.8) is 0 Å². The number of rotatable bonds is 5. The van der Waals surface area contributed by atoms with Gasteiger partial charge in [0.25, 0.3) is 0 Å². The molecule has 0 fully saturated rings. The minimum atomic E-state index is -0.362. The minimum Gasteiger partial charge on any atom is -0.449 e. The number of ether oxygens (including phenoxy) is 1. The van der Waals surface area contributed by atoms with Crippen molar-refractivity contribution in [3.05, 3.63) is 16.9 Å². The minimum absolute atomic E-state index is 0.362. The van der Waals surface area contributed by atoms with Crippen molar-refractivity contribution in [2.24, 2.45) is 0 Å². The fourth-order valence-corrected chi connectivity index (χ4v) is 1.38. The molecule has 1 aromatic rings. The Labute approximate surface area is 96.9 Å². The second-order valence-corrected chi connectivity index (χ2v) is 3.86. The lowest BCUT2D eigenvalue weighted by molar-refractivity contribution is 0.143. The average molecular weight is 276 g/mol. The van der Waals surface area contributed by atoms with E-state index in [1.165, 1.54) is 0 Å². The third-order valence-corrected chi connectivity index (χ3v) is 2.10. The number of nitrogens with zero attached hydrogens (tertiary/aromatic N) is 2. The Hall–Kier alpha value is -1.04. The Morgan fingerprint density at radius 1 is 1.73 bits per heavy atom. The molecule has 0 aromatic carbocycles.